The number of rotatable bonds is 0. The lowest BCUT2D eigenvalue weighted by Gasteiger charge is -2.12. The van der Waals surface area contributed by atoms with Gasteiger partial charge in [0, 0.05) is 21.5 Å². The average Bonchev–Trinajstić information content (AvgIpc) is 2.98. The third-order valence-corrected chi connectivity index (χ3v) is 5.48. The molecule has 0 N–H and O–H groups in total. The van der Waals surface area contributed by atoms with Gasteiger partial charge < -0.3 is 4.40 Å². The minimum Gasteiger partial charge on any atom is -0.306 e. The predicted molar refractivity (Wildman–Crippen MR) is 104 cm³/mol. The van der Waals surface area contributed by atoms with Gasteiger partial charge in [-0.3, -0.25) is 0 Å². The molecule has 0 aliphatic heterocycles. The predicted octanol–water partition coefficient (Wildman–Crippen LogP) is 6.64. The highest BCUT2D eigenvalue weighted by atomic mass is 35.5. The van der Waals surface area contributed by atoms with Crippen LogP contribution in [0.5, 0.6) is 0 Å². The molecule has 2 heterocycles. The van der Waals surface area contributed by atoms with E-state index in [1.165, 1.54) is 43.4 Å². The van der Waals surface area contributed by atoms with E-state index < -0.39 is 0 Å². The highest BCUT2D eigenvalue weighted by Gasteiger charge is 2.18. The van der Waals surface area contributed by atoms with E-state index >= 15 is 0 Å². The number of fused-ring (bicyclic) bond motifs is 6. The van der Waals surface area contributed by atoms with Gasteiger partial charge in [0.2, 0.25) is 0 Å². The van der Waals surface area contributed by atoms with Crippen LogP contribution in [0.3, 0.4) is 0 Å². The monoisotopic (exact) mass is 325 g/mol. The quantitative estimate of drug-likeness (QED) is 0.218. The molecule has 0 fully saturated rings. The lowest BCUT2D eigenvalue weighted by atomic mass is 9.99. The number of pyridine rings is 1. The Balaban J connectivity index is 2.18. The van der Waals surface area contributed by atoms with E-state index in [1.54, 1.807) is 0 Å². The van der Waals surface area contributed by atoms with Crippen molar-refractivity contribution in [1.82, 2.24) is 4.40 Å². The van der Waals surface area contributed by atoms with Crippen LogP contribution in [0, 0.1) is 0 Å². The van der Waals surface area contributed by atoms with Crippen molar-refractivity contribution in [2.24, 2.45) is 0 Å². The number of para-hydroxylation sites is 2. The molecular formula is C22H12ClN. The van der Waals surface area contributed by atoms with Crippen molar-refractivity contribution in [3.63, 3.8) is 0 Å². The SMILES string of the molecule is Clc1cccc2c3ccc4cccc5c6ccccc6n(c12)c3c45. The lowest BCUT2D eigenvalue weighted by Crippen LogP contribution is -1.92. The molecule has 6 aromatic rings. The van der Waals surface area contributed by atoms with Crippen LogP contribution in [0.4, 0.5) is 0 Å². The van der Waals surface area contributed by atoms with Crippen LogP contribution in [-0.2, 0) is 0 Å². The molecule has 0 aliphatic carbocycles. The molecule has 0 radical (unpaired) electrons. The Morgan fingerprint density at radius 1 is 0.583 bits per heavy atom. The zero-order valence-corrected chi connectivity index (χ0v) is 13.5. The van der Waals surface area contributed by atoms with Crippen LogP contribution in [0.25, 0.3) is 48.9 Å². The van der Waals surface area contributed by atoms with Gasteiger partial charge in [0.15, 0.2) is 0 Å². The lowest BCUT2D eigenvalue weighted by molar-refractivity contribution is 1.35. The van der Waals surface area contributed by atoms with Gasteiger partial charge in [-0.05, 0) is 22.9 Å². The smallest absolute Gasteiger partial charge is 0.0727 e. The fourth-order valence-corrected chi connectivity index (χ4v) is 4.50. The van der Waals surface area contributed by atoms with Crippen LogP contribution in [0.2, 0.25) is 5.02 Å². The summed E-state index contributed by atoms with van der Waals surface area (Å²) in [6, 6.07) is 25.8. The van der Waals surface area contributed by atoms with E-state index in [4.69, 9.17) is 11.6 Å². The Bertz CT molecular complexity index is 1410. The Labute approximate surface area is 143 Å². The van der Waals surface area contributed by atoms with Crippen molar-refractivity contribution in [2.45, 2.75) is 0 Å². The fraction of sp³-hybridized carbons (Fsp3) is 0. The zero-order valence-electron chi connectivity index (χ0n) is 12.8. The summed E-state index contributed by atoms with van der Waals surface area (Å²) in [7, 11) is 0. The van der Waals surface area contributed by atoms with Gasteiger partial charge >= 0.3 is 0 Å². The van der Waals surface area contributed by atoms with Gasteiger partial charge in [-0.25, -0.2) is 0 Å². The highest BCUT2D eigenvalue weighted by molar-refractivity contribution is 6.38. The number of halogens is 1. The molecule has 0 bridgehead atoms. The largest absolute Gasteiger partial charge is 0.306 e. The number of nitrogens with zero attached hydrogens (tertiary/aromatic N) is 1. The highest BCUT2D eigenvalue weighted by Crippen LogP contribution is 2.42. The summed E-state index contributed by atoms with van der Waals surface area (Å²) in [4.78, 5) is 0. The van der Waals surface area contributed by atoms with Gasteiger partial charge in [-0.1, -0.05) is 72.3 Å². The Kier molecular flexibility index (Phi) is 2.21. The van der Waals surface area contributed by atoms with Gasteiger partial charge in [0.1, 0.15) is 0 Å². The zero-order chi connectivity index (χ0) is 15.8. The number of hydrogen-bond donors (Lipinski definition) is 0. The molecule has 0 atom stereocenters. The average molecular weight is 326 g/mol. The third-order valence-electron chi connectivity index (χ3n) is 5.18. The van der Waals surface area contributed by atoms with Crippen molar-refractivity contribution in [1.29, 1.82) is 0 Å². The topological polar surface area (TPSA) is 4.41 Å². The number of aromatic nitrogens is 1. The van der Waals surface area contributed by atoms with E-state index in [0.717, 1.165) is 10.5 Å². The summed E-state index contributed by atoms with van der Waals surface area (Å²) in [6.07, 6.45) is 0. The first-order valence-corrected chi connectivity index (χ1v) is 8.46. The van der Waals surface area contributed by atoms with Gasteiger partial charge in [-0.2, -0.15) is 0 Å². The summed E-state index contributed by atoms with van der Waals surface area (Å²) >= 11 is 6.63. The van der Waals surface area contributed by atoms with Gasteiger partial charge in [-0.15, -0.1) is 0 Å². The molecule has 2 aromatic heterocycles. The maximum absolute atomic E-state index is 6.63. The summed E-state index contributed by atoms with van der Waals surface area (Å²) in [5, 5.41) is 8.44. The van der Waals surface area contributed by atoms with Gasteiger partial charge in [0.05, 0.1) is 21.6 Å². The van der Waals surface area contributed by atoms with Crippen molar-refractivity contribution in [3.8, 4) is 0 Å². The molecule has 0 spiro atoms. The maximum Gasteiger partial charge on any atom is 0.0727 e. The normalized spacial score (nSPS) is 12.4. The first kappa shape index (κ1) is 12.6. The van der Waals surface area contributed by atoms with E-state index in [-0.39, 0.29) is 0 Å². The first-order chi connectivity index (χ1) is 11.8. The van der Waals surface area contributed by atoms with E-state index in [0.29, 0.717) is 0 Å². The van der Waals surface area contributed by atoms with Crippen LogP contribution in [0.15, 0.2) is 72.8 Å². The molecule has 0 amide bonds. The fourth-order valence-electron chi connectivity index (χ4n) is 4.24. The van der Waals surface area contributed by atoms with Crippen molar-refractivity contribution in [3.05, 3.63) is 77.8 Å². The first-order valence-electron chi connectivity index (χ1n) is 8.09. The molecular weight excluding hydrogens is 314 g/mol. The van der Waals surface area contributed by atoms with Gasteiger partial charge in [0.25, 0.3) is 0 Å². The molecule has 24 heavy (non-hydrogen) atoms. The van der Waals surface area contributed by atoms with Crippen molar-refractivity contribution < 1.29 is 0 Å². The standard InChI is InChI=1S/C22H12ClN/c23-18-9-4-8-16-17-12-11-13-5-3-7-15-14-6-1-2-10-19(14)24(21(16)18)22(17)20(13)15/h1-12H. The summed E-state index contributed by atoms with van der Waals surface area (Å²) < 4.78 is 2.34. The molecule has 4 aromatic carbocycles. The Hall–Kier alpha value is -2.77. The molecule has 0 saturated carbocycles. The van der Waals surface area contributed by atoms with E-state index in [1.807, 2.05) is 12.1 Å². The number of benzene rings is 4. The van der Waals surface area contributed by atoms with E-state index in [9.17, 15) is 0 Å². The van der Waals surface area contributed by atoms with Crippen LogP contribution >= 0.6 is 11.6 Å². The second-order valence-electron chi connectivity index (χ2n) is 6.35. The van der Waals surface area contributed by atoms with E-state index in [2.05, 4.69) is 65.1 Å². The van der Waals surface area contributed by atoms with Crippen molar-refractivity contribution >= 4 is 60.5 Å². The second-order valence-corrected chi connectivity index (χ2v) is 6.76. The second kappa shape index (κ2) is 4.19. The maximum atomic E-state index is 6.63. The molecule has 0 saturated heterocycles. The molecule has 1 nitrogen and oxygen atoms in total. The minimum atomic E-state index is 0.797. The summed E-state index contributed by atoms with van der Waals surface area (Å²) in [5.74, 6) is 0. The molecule has 0 unspecified atom stereocenters. The number of hydrogen-bond acceptors (Lipinski definition) is 0. The van der Waals surface area contributed by atoms with Crippen LogP contribution in [0.1, 0.15) is 0 Å². The molecule has 2 heteroatoms. The van der Waals surface area contributed by atoms with Crippen LogP contribution in [-0.4, -0.2) is 4.40 Å². The summed E-state index contributed by atoms with van der Waals surface area (Å²) in [5.41, 5.74) is 3.57. The summed E-state index contributed by atoms with van der Waals surface area (Å²) in [6.45, 7) is 0. The van der Waals surface area contributed by atoms with Crippen LogP contribution < -0.4 is 0 Å². The van der Waals surface area contributed by atoms with Crippen molar-refractivity contribution in [2.75, 3.05) is 0 Å². The minimum absolute atomic E-state index is 0.797. The molecule has 112 valence electrons. The third kappa shape index (κ3) is 1.33. The molecule has 6 rings (SSSR count). The Morgan fingerprint density at radius 2 is 1.33 bits per heavy atom. The molecule has 0 aliphatic rings. The Morgan fingerprint density at radius 3 is 2.29 bits per heavy atom.